The lowest BCUT2D eigenvalue weighted by atomic mass is 9.72. The van der Waals surface area contributed by atoms with Crippen LogP contribution in [0.3, 0.4) is 0 Å². The molecule has 0 aliphatic carbocycles. The predicted octanol–water partition coefficient (Wildman–Crippen LogP) is 1.59. The highest BCUT2D eigenvalue weighted by molar-refractivity contribution is 5.83. The number of nitrogens with one attached hydrogen (secondary N) is 1. The highest BCUT2D eigenvalue weighted by Crippen LogP contribution is 2.38. The van der Waals surface area contributed by atoms with Gasteiger partial charge in [-0.05, 0) is 45.6 Å². The molecule has 1 N–H and O–H groups in total. The first-order chi connectivity index (χ1) is 9.59. The quantitative estimate of drug-likeness (QED) is 0.845. The van der Waals surface area contributed by atoms with E-state index in [1.807, 2.05) is 19.9 Å². The molecule has 0 atom stereocenters. The largest absolute Gasteiger partial charge is 0.356 e. The van der Waals surface area contributed by atoms with E-state index in [0.717, 1.165) is 62.7 Å². The molecule has 5 nitrogen and oxygen atoms in total. The maximum absolute atomic E-state index is 12.2. The van der Waals surface area contributed by atoms with Crippen LogP contribution >= 0.6 is 0 Å². The molecule has 0 bridgehead atoms. The van der Waals surface area contributed by atoms with Gasteiger partial charge in [-0.1, -0.05) is 0 Å². The number of piperidine rings is 2. The Hall–Kier alpha value is -1.65. The van der Waals surface area contributed by atoms with Gasteiger partial charge < -0.3 is 10.2 Å². The third kappa shape index (κ3) is 2.37. The first-order valence-corrected chi connectivity index (χ1v) is 7.45. The second kappa shape index (κ2) is 5.04. The second-order valence-electron chi connectivity index (χ2n) is 6.08. The average Bonchev–Trinajstić information content (AvgIpc) is 2.42. The number of nitrogens with zero attached hydrogens (tertiary/aromatic N) is 3. The minimum atomic E-state index is -0.131. The fraction of sp³-hybridized carbons (Fsp3) is 0.667. The number of aromatic nitrogens is 2. The van der Waals surface area contributed by atoms with Crippen molar-refractivity contribution < 1.29 is 4.79 Å². The van der Waals surface area contributed by atoms with Crippen LogP contribution in [0.5, 0.6) is 0 Å². The summed E-state index contributed by atoms with van der Waals surface area (Å²) in [5.74, 6) is 1.07. The fourth-order valence-corrected chi connectivity index (χ4v) is 3.39. The Kier molecular flexibility index (Phi) is 3.36. The van der Waals surface area contributed by atoms with Crippen LogP contribution in [0.1, 0.15) is 37.1 Å². The summed E-state index contributed by atoms with van der Waals surface area (Å²) in [6.07, 6.45) is 3.95. The Morgan fingerprint density at radius 3 is 2.40 bits per heavy atom. The zero-order valence-electron chi connectivity index (χ0n) is 12.3. The highest BCUT2D eigenvalue weighted by Gasteiger charge is 2.42. The van der Waals surface area contributed by atoms with E-state index in [-0.39, 0.29) is 11.3 Å². The van der Waals surface area contributed by atoms with Gasteiger partial charge in [0.15, 0.2) is 0 Å². The molecule has 2 aliphatic heterocycles. The minimum Gasteiger partial charge on any atom is -0.356 e. The molecule has 0 radical (unpaired) electrons. The van der Waals surface area contributed by atoms with Crippen LogP contribution in [0.2, 0.25) is 0 Å². The van der Waals surface area contributed by atoms with Crippen molar-refractivity contribution in [2.75, 3.05) is 24.5 Å². The molecule has 3 heterocycles. The number of rotatable bonds is 1. The van der Waals surface area contributed by atoms with Gasteiger partial charge >= 0.3 is 0 Å². The molecule has 1 amide bonds. The fourth-order valence-electron chi connectivity index (χ4n) is 3.39. The monoisotopic (exact) mass is 274 g/mol. The topological polar surface area (TPSA) is 58.1 Å². The zero-order chi connectivity index (χ0) is 14.2. The predicted molar refractivity (Wildman–Crippen MR) is 77.6 cm³/mol. The Bertz CT molecular complexity index is 500. The van der Waals surface area contributed by atoms with Crippen molar-refractivity contribution >= 4 is 11.9 Å². The van der Waals surface area contributed by atoms with Crippen LogP contribution in [-0.4, -0.2) is 35.5 Å². The Labute approximate surface area is 119 Å². The molecule has 0 aromatic carbocycles. The summed E-state index contributed by atoms with van der Waals surface area (Å²) in [6.45, 7) is 6.58. The number of carbonyl (C=O) groups excluding carboxylic acids is 1. The maximum Gasteiger partial charge on any atom is 0.226 e. The third-order valence-electron chi connectivity index (χ3n) is 4.57. The van der Waals surface area contributed by atoms with Crippen molar-refractivity contribution in [3.05, 3.63) is 17.5 Å². The lowest BCUT2D eigenvalue weighted by Crippen LogP contribution is -2.52. The lowest BCUT2D eigenvalue weighted by Gasteiger charge is -2.42. The van der Waals surface area contributed by atoms with Crippen LogP contribution in [0, 0.1) is 19.3 Å². The van der Waals surface area contributed by atoms with E-state index in [9.17, 15) is 4.79 Å². The van der Waals surface area contributed by atoms with Gasteiger partial charge in [0.25, 0.3) is 0 Å². The Balaban J connectivity index is 1.73. The minimum absolute atomic E-state index is 0.131. The standard InChI is InChI=1S/C15H22N4O/c1-11-10-12(2)18-14(17-11)19-8-5-15(6-9-19)4-3-7-16-13(15)20/h10H,3-9H2,1-2H3,(H,16,20). The summed E-state index contributed by atoms with van der Waals surface area (Å²) in [7, 11) is 0. The zero-order valence-corrected chi connectivity index (χ0v) is 12.3. The number of hydrogen-bond donors (Lipinski definition) is 1. The van der Waals surface area contributed by atoms with Crippen LogP contribution < -0.4 is 10.2 Å². The molecule has 0 unspecified atom stereocenters. The summed E-state index contributed by atoms with van der Waals surface area (Å²) >= 11 is 0. The Morgan fingerprint density at radius 1 is 1.15 bits per heavy atom. The van der Waals surface area contributed by atoms with Gasteiger partial charge in [0.2, 0.25) is 11.9 Å². The molecule has 1 spiro atoms. The first-order valence-electron chi connectivity index (χ1n) is 7.45. The molecule has 1 aromatic heterocycles. The van der Waals surface area contributed by atoms with Crippen molar-refractivity contribution in [1.29, 1.82) is 0 Å². The first kappa shape index (κ1) is 13.3. The number of aryl methyl sites for hydroxylation is 2. The molecule has 0 saturated carbocycles. The van der Waals surface area contributed by atoms with Crippen LogP contribution in [0.25, 0.3) is 0 Å². The van der Waals surface area contributed by atoms with Gasteiger partial charge in [-0.25, -0.2) is 9.97 Å². The molecule has 3 rings (SSSR count). The van der Waals surface area contributed by atoms with Gasteiger partial charge in [0.1, 0.15) is 0 Å². The summed E-state index contributed by atoms with van der Waals surface area (Å²) in [4.78, 5) is 23.4. The van der Waals surface area contributed by atoms with Crippen LogP contribution in [0.15, 0.2) is 6.07 Å². The molecule has 2 aliphatic rings. The van der Waals surface area contributed by atoms with E-state index in [1.54, 1.807) is 0 Å². The summed E-state index contributed by atoms with van der Waals surface area (Å²) < 4.78 is 0. The van der Waals surface area contributed by atoms with Crippen molar-refractivity contribution in [2.45, 2.75) is 39.5 Å². The van der Waals surface area contributed by atoms with E-state index < -0.39 is 0 Å². The summed E-state index contributed by atoms with van der Waals surface area (Å²) in [5, 5.41) is 3.03. The molecule has 20 heavy (non-hydrogen) atoms. The van der Waals surface area contributed by atoms with Crippen LogP contribution in [-0.2, 0) is 4.79 Å². The third-order valence-corrected chi connectivity index (χ3v) is 4.57. The normalized spacial score (nSPS) is 21.9. The molecule has 2 fully saturated rings. The molecule has 1 aromatic rings. The molecular weight excluding hydrogens is 252 g/mol. The van der Waals surface area contributed by atoms with E-state index >= 15 is 0 Å². The van der Waals surface area contributed by atoms with Gasteiger partial charge in [-0.2, -0.15) is 0 Å². The van der Waals surface area contributed by atoms with Gasteiger partial charge in [0.05, 0.1) is 5.41 Å². The number of carbonyl (C=O) groups is 1. The number of hydrogen-bond acceptors (Lipinski definition) is 4. The summed E-state index contributed by atoms with van der Waals surface area (Å²) in [5.41, 5.74) is 1.87. The lowest BCUT2D eigenvalue weighted by molar-refractivity contribution is -0.134. The number of amides is 1. The van der Waals surface area contributed by atoms with E-state index in [2.05, 4.69) is 20.2 Å². The van der Waals surface area contributed by atoms with E-state index in [4.69, 9.17) is 0 Å². The van der Waals surface area contributed by atoms with Gasteiger partial charge in [-0.15, -0.1) is 0 Å². The average molecular weight is 274 g/mol. The highest BCUT2D eigenvalue weighted by atomic mass is 16.2. The molecule has 2 saturated heterocycles. The molecule has 108 valence electrons. The number of anilines is 1. The molecule has 5 heteroatoms. The van der Waals surface area contributed by atoms with Crippen molar-refractivity contribution in [1.82, 2.24) is 15.3 Å². The van der Waals surface area contributed by atoms with E-state index in [1.165, 1.54) is 0 Å². The van der Waals surface area contributed by atoms with E-state index in [0.29, 0.717) is 0 Å². The van der Waals surface area contributed by atoms with Gasteiger partial charge in [-0.3, -0.25) is 4.79 Å². The molecular formula is C15H22N4O. The maximum atomic E-state index is 12.2. The summed E-state index contributed by atoms with van der Waals surface area (Å²) in [6, 6.07) is 1.99. The van der Waals surface area contributed by atoms with Crippen molar-refractivity contribution in [2.24, 2.45) is 5.41 Å². The second-order valence-corrected chi connectivity index (χ2v) is 6.08. The van der Waals surface area contributed by atoms with Gasteiger partial charge in [0, 0.05) is 31.0 Å². The van der Waals surface area contributed by atoms with Crippen LogP contribution in [0.4, 0.5) is 5.95 Å². The SMILES string of the molecule is Cc1cc(C)nc(N2CCC3(CCCNC3=O)CC2)n1. The smallest absolute Gasteiger partial charge is 0.226 e. The van der Waals surface area contributed by atoms with Crippen molar-refractivity contribution in [3.8, 4) is 0 Å². The van der Waals surface area contributed by atoms with Crippen molar-refractivity contribution in [3.63, 3.8) is 0 Å². The Morgan fingerprint density at radius 2 is 1.80 bits per heavy atom.